The molecule has 2 aromatic rings. The summed E-state index contributed by atoms with van der Waals surface area (Å²) in [6.45, 7) is 2.15. The minimum atomic E-state index is -4.20. The molecule has 12 heteroatoms. The van der Waals surface area contributed by atoms with Gasteiger partial charge in [-0.1, -0.05) is 6.92 Å². The average molecular weight is 371 g/mol. The molecule has 4 rings (SSSR count). The van der Waals surface area contributed by atoms with Crippen LogP contribution >= 0.6 is 7.82 Å². The molecule has 5 atom stereocenters. The number of phosphoric acid groups is 1. The summed E-state index contributed by atoms with van der Waals surface area (Å²) in [5.41, 5.74) is 5.88. The van der Waals surface area contributed by atoms with Crippen molar-refractivity contribution in [3.8, 4) is 0 Å². The van der Waals surface area contributed by atoms with E-state index in [1.54, 1.807) is 4.57 Å². The van der Waals surface area contributed by atoms with Gasteiger partial charge in [-0.05, 0) is 6.42 Å². The summed E-state index contributed by atoms with van der Waals surface area (Å²) in [5.74, 6) is 0.255. The monoisotopic (exact) mass is 371 g/mol. The van der Waals surface area contributed by atoms with Gasteiger partial charge >= 0.3 is 7.82 Å². The molecule has 4 heterocycles. The zero-order chi connectivity index (χ0) is 17.8. The number of nitrogens with two attached hydrogens (primary N) is 1. The number of ether oxygens (including phenoxy) is 2. The zero-order valence-electron chi connectivity index (χ0n) is 13.6. The molecule has 0 aromatic carbocycles. The normalized spacial score (nSPS) is 33.8. The van der Waals surface area contributed by atoms with Crippen molar-refractivity contribution >= 4 is 24.8 Å². The van der Waals surface area contributed by atoms with Gasteiger partial charge in [0.05, 0.1) is 12.9 Å². The lowest BCUT2D eigenvalue weighted by molar-refractivity contribution is -0.173. The van der Waals surface area contributed by atoms with Crippen molar-refractivity contribution < 1.29 is 28.0 Å². The molecule has 2 unspecified atom stereocenters. The smallest absolute Gasteiger partial charge is 0.382 e. The molecular weight excluding hydrogens is 353 g/mol. The molecule has 2 aliphatic heterocycles. The van der Waals surface area contributed by atoms with Crippen molar-refractivity contribution in [2.75, 3.05) is 19.5 Å². The van der Waals surface area contributed by atoms with Gasteiger partial charge in [-0.2, -0.15) is 0 Å². The summed E-state index contributed by atoms with van der Waals surface area (Å²) < 4.78 is 35.4. The number of phosphoric ester groups is 1. The molecule has 11 nitrogen and oxygen atoms in total. The molecule has 0 saturated carbocycles. The molecule has 0 aliphatic carbocycles. The molecular formula is C13H18N5O6P. The summed E-state index contributed by atoms with van der Waals surface area (Å²) in [4.78, 5) is 22.0. The van der Waals surface area contributed by atoms with E-state index in [1.165, 1.54) is 12.7 Å². The Bertz CT molecular complexity index is 861. The SMILES string of the molecule is CC[C@@]12CO[C@@H](C1OP(=O)(O)OC)[C@H](n1cnc3c(N)ncnc31)O2. The molecule has 25 heavy (non-hydrogen) atoms. The summed E-state index contributed by atoms with van der Waals surface area (Å²) in [6.07, 6.45) is 1.37. The maximum atomic E-state index is 11.9. The average Bonchev–Trinajstić information content (AvgIpc) is 3.26. The molecule has 0 spiro atoms. The Morgan fingerprint density at radius 2 is 2.32 bits per heavy atom. The quantitative estimate of drug-likeness (QED) is 0.717. The first-order valence-corrected chi connectivity index (χ1v) is 9.19. The van der Waals surface area contributed by atoms with E-state index < -0.39 is 31.9 Å². The Morgan fingerprint density at radius 3 is 3.04 bits per heavy atom. The Kier molecular flexibility index (Phi) is 3.83. The number of aromatic nitrogens is 4. The fourth-order valence-corrected chi connectivity index (χ4v) is 4.03. The van der Waals surface area contributed by atoms with Gasteiger partial charge in [0, 0.05) is 7.11 Å². The molecule has 136 valence electrons. The second kappa shape index (κ2) is 5.70. The lowest BCUT2D eigenvalue weighted by Gasteiger charge is -2.30. The Morgan fingerprint density at radius 1 is 1.52 bits per heavy atom. The highest BCUT2D eigenvalue weighted by atomic mass is 31.2. The Labute approximate surface area is 142 Å². The third-order valence-corrected chi connectivity index (χ3v) is 5.67. The van der Waals surface area contributed by atoms with Crippen LogP contribution in [0, 0.1) is 0 Å². The van der Waals surface area contributed by atoms with E-state index in [4.69, 9.17) is 19.7 Å². The highest BCUT2D eigenvalue weighted by Crippen LogP contribution is 2.55. The third kappa shape index (κ3) is 2.47. The highest BCUT2D eigenvalue weighted by Gasteiger charge is 2.63. The fraction of sp³-hybridized carbons (Fsp3) is 0.615. The van der Waals surface area contributed by atoms with Gasteiger partial charge < -0.3 is 20.1 Å². The fourth-order valence-electron chi connectivity index (χ4n) is 3.35. The van der Waals surface area contributed by atoms with Crippen LogP contribution in [0.2, 0.25) is 0 Å². The van der Waals surface area contributed by atoms with Crippen LogP contribution < -0.4 is 5.73 Å². The first-order chi connectivity index (χ1) is 11.9. The van der Waals surface area contributed by atoms with Crippen molar-refractivity contribution in [1.29, 1.82) is 0 Å². The van der Waals surface area contributed by atoms with Crippen molar-refractivity contribution in [3.63, 3.8) is 0 Å². The van der Waals surface area contributed by atoms with Gasteiger partial charge in [-0.25, -0.2) is 19.5 Å². The van der Waals surface area contributed by atoms with Gasteiger partial charge in [0.25, 0.3) is 0 Å². The van der Waals surface area contributed by atoms with Crippen LogP contribution in [0.3, 0.4) is 0 Å². The third-order valence-electron chi connectivity index (χ3n) is 4.71. The van der Waals surface area contributed by atoms with Crippen LogP contribution in [0.4, 0.5) is 5.82 Å². The Hall–Kier alpha value is -1.62. The number of nitrogens with zero attached hydrogens (tertiary/aromatic N) is 4. The zero-order valence-corrected chi connectivity index (χ0v) is 14.5. The number of fused-ring (bicyclic) bond motifs is 3. The van der Waals surface area contributed by atoms with Crippen molar-refractivity contribution in [2.24, 2.45) is 0 Å². The maximum Gasteiger partial charge on any atom is 0.472 e. The minimum absolute atomic E-state index is 0.253. The first-order valence-electron chi connectivity index (χ1n) is 7.70. The van der Waals surface area contributed by atoms with Crippen molar-refractivity contribution in [2.45, 2.75) is 37.4 Å². The molecule has 0 radical (unpaired) electrons. The van der Waals surface area contributed by atoms with Crippen molar-refractivity contribution in [3.05, 3.63) is 12.7 Å². The van der Waals surface area contributed by atoms with Crippen LogP contribution in [0.5, 0.6) is 0 Å². The molecule has 2 aromatic heterocycles. The van der Waals surface area contributed by atoms with Crippen molar-refractivity contribution in [1.82, 2.24) is 19.5 Å². The van der Waals surface area contributed by atoms with Gasteiger partial charge in [0.1, 0.15) is 29.7 Å². The molecule has 3 N–H and O–H groups in total. The number of imidazole rings is 1. The summed E-state index contributed by atoms with van der Waals surface area (Å²) in [6, 6.07) is 0. The Balaban J connectivity index is 1.73. The molecule has 2 aliphatic rings. The van der Waals surface area contributed by atoms with E-state index in [9.17, 15) is 9.46 Å². The predicted octanol–water partition coefficient (Wildman–Crippen LogP) is 0.617. The summed E-state index contributed by atoms with van der Waals surface area (Å²) >= 11 is 0. The first kappa shape index (κ1) is 16.8. The lowest BCUT2D eigenvalue weighted by Crippen LogP contribution is -2.40. The number of nitrogen functional groups attached to an aromatic ring is 1. The molecule has 2 saturated heterocycles. The maximum absolute atomic E-state index is 11.9. The largest absolute Gasteiger partial charge is 0.472 e. The topological polar surface area (TPSA) is 144 Å². The molecule has 2 bridgehead atoms. The summed E-state index contributed by atoms with van der Waals surface area (Å²) in [7, 11) is -3.09. The highest BCUT2D eigenvalue weighted by molar-refractivity contribution is 7.47. The van der Waals surface area contributed by atoms with E-state index >= 15 is 0 Å². The van der Waals surface area contributed by atoms with E-state index in [1.807, 2.05) is 6.92 Å². The molecule has 0 amide bonds. The van der Waals surface area contributed by atoms with E-state index in [2.05, 4.69) is 19.5 Å². The summed E-state index contributed by atoms with van der Waals surface area (Å²) in [5, 5.41) is 0. The van der Waals surface area contributed by atoms with E-state index in [0.29, 0.717) is 17.6 Å². The van der Waals surface area contributed by atoms with Crippen LogP contribution in [0.25, 0.3) is 11.2 Å². The second-order valence-electron chi connectivity index (χ2n) is 5.96. The number of anilines is 1. The number of rotatable bonds is 5. The van der Waals surface area contributed by atoms with E-state index in [0.717, 1.165) is 7.11 Å². The number of hydrogen-bond acceptors (Lipinski definition) is 9. The van der Waals surface area contributed by atoms with Gasteiger partial charge in [0.2, 0.25) is 0 Å². The van der Waals surface area contributed by atoms with Crippen LogP contribution in [0.15, 0.2) is 12.7 Å². The van der Waals surface area contributed by atoms with Crippen LogP contribution in [-0.4, -0.2) is 55.9 Å². The van der Waals surface area contributed by atoms with Gasteiger partial charge in [-0.3, -0.25) is 13.6 Å². The van der Waals surface area contributed by atoms with Gasteiger partial charge in [-0.15, -0.1) is 0 Å². The standard InChI is InChI=1S/C13H18N5O6P/c1-3-13-4-22-8(9(13)24-25(19,20)21-2)12(23-13)18-6-17-7-10(14)15-5-16-11(7)18/h5-6,8-9,12H,3-4H2,1-2H3,(H,19,20)(H2,14,15,16)/t8-,9?,12+,13+/m0/s1. The lowest BCUT2D eigenvalue weighted by atomic mass is 9.96. The van der Waals surface area contributed by atoms with Crippen LogP contribution in [0.1, 0.15) is 19.6 Å². The van der Waals surface area contributed by atoms with Gasteiger partial charge in [0.15, 0.2) is 17.7 Å². The van der Waals surface area contributed by atoms with E-state index in [-0.39, 0.29) is 12.4 Å². The molecule has 2 fully saturated rings. The minimum Gasteiger partial charge on any atom is -0.382 e. The predicted molar refractivity (Wildman–Crippen MR) is 84.3 cm³/mol. The van der Waals surface area contributed by atoms with Crippen LogP contribution in [-0.2, 0) is 23.1 Å². The number of hydrogen-bond donors (Lipinski definition) is 2. The second-order valence-corrected chi connectivity index (χ2v) is 7.48.